The summed E-state index contributed by atoms with van der Waals surface area (Å²) >= 11 is 3.49. The number of anilines is 1. The van der Waals surface area contributed by atoms with Gasteiger partial charge in [0.25, 0.3) is 0 Å². The molecule has 204 valence electrons. The number of methoxy groups -OCH3 is 4. The van der Waals surface area contributed by atoms with Gasteiger partial charge in [-0.2, -0.15) is 5.26 Å². The number of benzene rings is 3. The highest BCUT2D eigenvalue weighted by Gasteiger charge is 2.67. The molecule has 3 aromatic carbocycles. The summed E-state index contributed by atoms with van der Waals surface area (Å²) in [5.41, 5.74) is 0.815. The molecule has 4 atom stereocenters. The maximum absolute atomic E-state index is 14.6. The zero-order valence-corrected chi connectivity index (χ0v) is 24.0. The first-order valence-electron chi connectivity index (χ1n) is 12.5. The van der Waals surface area contributed by atoms with E-state index in [9.17, 15) is 14.9 Å². The van der Waals surface area contributed by atoms with Crippen LogP contribution in [0.4, 0.5) is 5.69 Å². The summed E-state index contributed by atoms with van der Waals surface area (Å²) in [5, 5.41) is 10.8. The lowest BCUT2D eigenvalue weighted by atomic mass is 9.68. The number of nitriles is 1. The average molecular weight is 603 g/mol. The van der Waals surface area contributed by atoms with Crippen molar-refractivity contribution in [3.05, 3.63) is 87.9 Å². The van der Waals surface area contributed by atoms with Crippen molar-refractivity contribution in [1.29, 1.82) is 5.26 Å². The van der Waals surface area contributed by atoms with Gasteiger partial charge < -0.3 is 23.8 Å². The number of ether oxygens (including phenoxy) is 4. The zero-order chi connectivity index (χ0) is 28.6. The molecule has 2 heterocycles. The predicted molar refractivity (Wildman–Crippen MR) is 153 cm³/mol. The second-order valence-electron chi connectivity index (χ2n) is 9.49. The van der Waals surface area contributed by atoms with Crippen LogP contribution < -0.4 is 19.1 Å². The van der Waals surface area contributed by atoms with Crippen LogP contribution in [0.2, 0.25) is 0 Å². The Balaban J connectivity index is 1.81. The molecule has 3 aromatic rings. The largest absolute Gasteiger partial charge is 0.496 e. The number of Topliss-reactive ketones (excluding diaryl/α,β-unsaturated/α-hetero) is 1. The normalized spacial score (nSPS) is 22.5. The predicted octanol–water partition coefficient (Wildman–Crippen LogP) is 5.41. The Labute approximate surface area is 240 Å². The molecule has 8 nitrogen and oxygen atoms in total. The third-order valence-electron chi connectivity index (χ3n) is 7.73. The van der Waals surface area contributed by atoms with E-state index in [0.717, 1.165) is 11.3 Å². The number of rotatable bonds is 7. The van der Waals surface area contributed by atoms with Gasteiger partial charge in [0.15, 0.2) is 22.7 Å². The van der Waals surface area contributed by atoms with Crippen molar-refractivity contribution in [3.63, 3.8) is 0 Å². The van der Waals surface area contributed by atoms with E-state index in [4.69, 9.17) is 18.9 Å². The lowest BCUT2D eigenvalue weighted by Crippen LogP contribution is -2.46. The molecule has 0 saturated carbocycles. The molecule has 5 rings (SSSR count). The maximum Gasteiger partial charge on any atom is 0.329 e. The highest BCUT2D eigenvalue weighted by molar-refractivity contribution is 9.10. The van der Waals surface area contributed by atoms with Gasteiger partial charge in [-0.15, -0.1) is 0 Å². The van der Waals surface area contributed by atoms with E-state index in [0.29, 0.717) is 32.8 Å². The molecule has 1 saturated heterocycles. The number of fused-ring (bicyclic) bond motifs is 3. The van der Waals surface area contributed by atoms with Crippen LogP contribution in [0.5, 0.6) is 17.2 Å². The van der Waals surface area contributed by atoms with Crippen molar-refractivity contribution in [2.45, 2.75) is 18.0 Å². The first-order valence-corrected chi connectivity index (χ1v) is 13.3. The molecule has 1 fully saturated rings. The van der Waals surface area contributed by atoms with Crippen LogP contribution in [0, 0.1) is 16.7 Å². The fraction of sp³-hybridized carbons (Fsp3) is 0.258. The lowest BCUT2D eigenvalue weighted by Gasteiger charge is -2.36. The summed E-state index contributed by atoms with van der Waals surface area (Å²) < 4.78 is 22.3. The summed E-state index contributed by atoms with van der Waals surface area (Å²) in [7, 11) is 5.84. The maximum atomic E-state index is 14.6. The minimum absolute atomic E-state index is 0.265. The van der Waals surface area contributed by atoms with Crippen LogP contribution >= 0.6 is 15.9 Å². The van der Waals surface area contributed by atoms with E-state index < -0.39 is 29.4 Å². The SMILES string of the molecule is COC(=O)[C@@]1(C#N)[C@@H](c2ccc(OC)c(OC)c2)[C@@H](C(=O)c2ccc(OC)c(Br)c2)N2c3ccccc3C=C[C@@H]21. The van der Waals surface area contributed by atoms with Crippen molar-refractivity contribution in [3.8, 4) is 23.3 Å². The Morgan fingerprint density at radius 3 is 2.27 bits per heavy atom. The quantitative estimate of drug-likeness (QED) is 0.261. The van der Waals surface area contributed by atoms with Gasteiger partial charge in [0.2, 0.25) is 0 Å². The van der Waals surface area contributed by atoms with Gasteiger partial charge in [0.05, 0.1) is 45.0 Å². The summed E-state index contributed by atoms with van der Waals surface area (Å²) in [6, 6.07) is 18.5. The van der Waals surface area contributed by atoms with E-state index in [2.05, 4.69) is 22.0 Å². The second kappa shape index (κ2) is 10.7. The van der Waals surface area contributed by atoms with Crippen molar-refractivity contribution >= 4 is 39.4 Å². The number of carbonyl (C=O) groups is 2. The van der Waals surface area contributed by atoms with Gasteiger partial charge in [0, 0.05) is 17.2 Å². The first kappa shape index (κ1) is 27.3. The topological polar surface area (TPSA) is 98.1 Å². The van der Waals surface area contributed by atoms with Crippen LogP contribution in [0.25, 0.3) is 6.08 Å². The summed E-state index contributed by atoms with van der Waals surface area (Å²) in [6.45, 7) is 0. The summed E-state index contributed by atoms with van der Waals surface area (Å²) in [4.78, 5) is 30.2. The van der Waals surface area contributed by atoms with E-state index in [1.807, 2.05) is 41.3 Å². The third kappa shape index (κ3) is 4.02. The molecule has 0 radical (unpaired) electrons. The number of esters is 1. The van der Waals surface area contributed by atoms with Gasteiger partial charge in [-0.1, -0.05) is 36.4 Å². The number of hydrogen-bond acceptors (Lipinski definition) is 8. The van der Waals surface area contributed by atoms with Gasteiger partial charge in [-0.25, -0.2) is 0 Å². The molecular weight excluding hydrogens is 576 g/mol. The number of nitrogens with zero attached hydrogens (tertiary/aromatic N) is 2. The molecule has 2 aliphatic heterocycles. The molecule has 2 aliphatic rings. The van der Waals surface area contributed by atoms with Crippen LogP contribution in [0.1, 0.15) is 27.4 Å². The molecule has 40 heavy (non-hydrogen) atoms. The molecular formula is C31H27BrN2O6. The van der Waals surface area contributed by atoms with Crippen molar-refractivity contribution in [2.24, 2.45) is 5.41 Å². The van der Waals surface area contributed by atoms with Gasteiger partial charge in [-0.05, 0) is 63.5 Å². The molecule has 0 unspecified atom stereocenters. The molecule has 0 bridgehead atoms. The fourth-order valence-corrected chi connectivity index (χ4v) is 6.49. The Hall–Kier alpha value is -4.29. The number of para-hydroxylation sites is 1. The number of ketones is 1. The zero-order valence-electron chi connectivity index (χ0n) is 22.4. The lowest BCUT2D eigenvalue weighted by molar-refractivity contribution is -0.150. The minimum Gasteiger partial charge on any atom is -0.496 e. The summed E-state index contributed by atoms with van der Waals surface area (Å²) in [6.07, 6.45) is 3.70. The highest BCUT2D eigenvalue weighted by Crippen LogP contribution is 2.57. The molecule has 0 amide bonds. The highest BCUT2D eigenvalue weighted by atomic mass is 79.9. The average Bonchev–Trinajstić information content (AvgIpc) is 3.31. The Morgan fingerprint density at radius 1 is 0.925 bits per heavy atom. The Kier molecular flexibility index (Phi) is 7.30. The van der Waals surface area contributed by atoms with E-state index in [1.54, 1.807) is 43.5 Å². The number of halogens is 1. The Morgan fingerprint density at radius 2 is 1.62 bits per heavy atom. The Bertz CT molecular complexity index is 1560. The molecule has 0 N–H and O–H groups in total. The van der Waals surface area contributed by atoms with Gasteiger partial charge in [0.1, 0.15) is 11.8 Å². The smallest absolute Gasteiger partial charge is 0.329 e. The van der Waals surface area contributed by atoms with E-state index in [1.165, 1.54) is 21.3 Å². The van der Waals surface area contributed by atoms with Crippen molar-refractivity contribution in [2.75, 3.05) is 33.3 Å². The summed E-state index contributed by atoms with van der Waals surface area (Å²) in [5.74, 6) is -0.451. The van der Waals surface area contributed by atoms with Crippen molar-refractivity contribution in [1.82, 2.24) is 0 Å². The minimum atomic E-state index is -1.76. The van der Waals surface area contributed by atoms with E-state index >= 15 is 0 Å². The molecule has 0 aliphatic carbocycles. The molecule has 0 spiro atoms. The number of hydrogen-bond donors (Lipinski definition) is 0. The number of carbonyl (C=O) groups excluding carboxylic acids is 2. The van der Waals surface area contributed by atoms with Gasteiger partial charge >= 0.3 is 5.97 Å². The fourth-order valence-electron chi connectivity index (χ4n) is 5.95. The van der Waals surface area contributed by atoms with Crippen LogP contribution in [0.15, 0.2) is 71.2 Å². The van der Waals surface area contributed by atoms with Crippen molar-refractivity contribution < 1.29 is 28.5 Å². The molecule has 0 aromatic heterocycles. The first-order chi connectivity index (χ1) is 19.4. The van der Waals surface area contributed by atoms with Crippen LogP contribution in [-0.2, 0) is 9.53 Å². The van der Waals surface area contributed by atoms with Crippen LogP contribution in [-0.4, -0.2) is 52.3 Å². The molecule has 9 heteroatoms. The van der Waals surface area contributed by atoms with Gasteiger partial charge in [-0.3, -0.25) is 9.59 Å². The van der Waals surface area contributed by atoms with E-state index in [-0.39, 0.29) is 5.78 Å². The van der Waals surface area contributed by atoms with Crippen LogP contribution in [0.3, 0.4) is 0 Å². The third-order valence-corrected chi connectivity index (χ3v) is 8.34. The second-order valence-corrected chi connectivity index (χ2v) is 10.3. The monoisotopic (exact) mass is 602 g/mol. The standard InChI is InChI=1S/C31H27BrN2O6/c1-37-23-12-10-20(15-21(23)32)29(35)28-27(19-9-13-24(38-2)25(16-19)39-3)31(17-33,30(36)40-4)26-14-11-18-7-5-6-8-22(18)34(26)28/h5-16,26-28H,1-4H3/t26-,27+,28+,31-/m1/s1.